The van der Waals surface area contributed by atoms with E-state index in [9.17, 15) is 14.3 Å². The van der Waals surface area contributed by atoms with Gasteiger partial charge in [-0.15, -0.1) is 0 Å². The number of aromatic nitrogens is 2. The summed E-state index contributed by atoms with van der Waals surface area (Å²) in [6, 6.07) is 5.41. The van der Waals surface area contributed by atoms with Gasteiger partial charge in [-0.25, -0.2) is 4.39 Å². The summed E-state index contributed by atoms with van der Waals surface area (Å²) >= 11 is 0. The minimum atomic E-state index is -0.389. The van der Waals surface area contributed by atoms with Crippen LogP contribution in [0.1, 0.15) is 37.4 Å². The Labute approximate surface area is 115 Å². The highest BCUT2D eigenvalue weighted by Gasteiger charge is 2.22. The third-order valence-corrected chi connectivity index (χ3v) is 3.79. The van der Waals surface area contributed by atoms with Crippen LogP contribution in [0.2, 0.25) is 0 Å². The van der Waals surface area contributed by atoms with Crippen molar-refractivity contribution >= 4 is 0 Å². The first-order valence-electron chi connectivity index (χ1n) is 6.74. The molecular weight excluding hydrogens is 259 g/mol. The van der Waals surface area contributed by atoms with E-state index in [-0.39, 0.29) is 28.7 Å². The molecule has 5 heteroatoms. The summed E-state index contributed by atoms with van der Waals surface area (Å²) < 4.78 is 12.9. The van der Waals surface area contributed by atoms with Gasteiger partial charge in [0.2, 0.25) is 5.88 Å². The van der Waals surface area contributed by atoms with E-state index >= 15 is 0 Å². The largest absolute Gasteiger partial charge is 0.493 e. The maximum absolute atomic E-state index is 12.9. The van der Waals surface area contributed by atoms with Gasteiger partial charge in [0.05, 0.1) is 0 Å². The molecule has 0 spiro atoms. The number of hydrogen-bond donors (Lipinski definition) is 2. The van der Waals surface area contributed by atoms with Crippen LogP contribution in [-0.2, 0) is 0 Å². The summed E-state index contributed by atoms with van der Waals surface area (Å²) in [7, 11) is 0. The third kappa shape index (κ3) is 2.31. The van der Waals surface area contributed by atoms with Crippen LogP contribution in [-0.4, -0.2) is 15.1 Å². The molecule has 1 saturated carbocycles. The van der Waals surface area contributed by atoms with Crippen LogP contribution in [0.4, 0.5) is 4.39 Å². The van der Waals surface area contributed by atoms with Gasteiger partial charge in [-0.2, -0.15) is 4.98 Å². The normalized spacial score (nSPS) is 15.7. The molecule has 1 aromatic carbocycles. The Balaban J connectivity index is 2.04. The van der Waals surface area contributed by atoms with E-state index in [1.165, 1.54) is 24.3 Å². The molecule has 0 unspecified atom stereocenters. The standard InChI is InChI=1S/C15H15FN2O2/c16-11-7-5-9(6-8-11)12-14(19)17-13(18-15(12)20)10-3-1-2-4-10/h5-8,10H,1-4H2,(H2,17,18,19,20). The fourth-order valence-electron chi connectivity index (χ4n) is 2.75. The first-order valence-corrected chi connectivity index (χ1v) is 6.74. The van der Waals surface area contributed by atoms with E-state index in [1.807, 2.05) is 0 Å². The quantitative estimate of drug-likeness (QED) is 0.884. The molecule has 2 aromatic rings. The number of benzene rings is 1. The van der Waals surface area contributed by atoms with Crippen molar-refractivity contribution in [3.63, 3.8) is 0 Å². The van der Waals surface area contributed by atoms with Crippen LogP contribution >= 0.6 is 0 Å². The average Bonchev–Trinajstić information content (AvgIpc) is 2.94. The van der Waals surface area contributed by atoms with Gasteiger partial charge in [0.15, 0.2) is 0 Å². The van der Waals surface area contributed by atoms with Crippen molar-refractivity contribution < 1.29 is 9.50 Å². The lowest BCUT2D eigenvalue weighted by atomic mass is 10.1. The predicted molar refractivity (Wildman–Crippen MR) is 73.1 cm³/mol. The van der Waals surface area contributed by atoms with Crippen molar-refractivity contribution in [3.05, 3.63) is 46.3 Å². The van der Waals surface area contributed by atoms with Crippen molar-refractivity contribution in [2.75, 3.05) is 0 Å². The lowest BCUT2D eigenvalue weighted by molar-refractivity contribution is 0.446. The predicted octanol–water partition coefficient (Wildman–Crippen LogP) is 2.94. The Bertz CT molecular complexity index is 673. The third-order valence-electron chi connectivity index (χ3n) is 3.79. The molecule has 3 rings (SSSR count). The van der Waals surface area contributed by atoms with Crippen LogP contribution in [0.25, 0.3) is 11.1 Å². The number of rotatable bonds is 2. The van der Waals surface area contributed by atoms with E-state index < -0.39 is 0 Å². The van der Waals surface area contributed by atoms with E-state index in [4.69, 9.17) is 0 Å². The maximum Gasteiger partial charge on any atom is 0.262 e. The van der Waals surface area contributed by atoms with Crippen molar-refractivity contribution in [2.45, 2.75) is 31.6 Å². The monoisotopic (exact) mass is 274 g/mol. The molecule has 1 heterocycles. The number of hydrogen-bond acceptors (Lipinski definition) is 3. The highest BCUT2D eigenvalue weighted by Crippen LogP contribution is 2.33. The highest BCUT2D eigenvalue weighted by atomic mass is 19.1. The van der Waals surface area contributed by atoms with E-state index in [0.29, 0.717) is 11.4 Å². The second-order valence-electron chi connectivity index (χ2n) is 5.14. The topological polar surface area (TPSA) is 66.0 Å². The lowest BCUT2D eigenvalue weighted by Crippen LogP contribution is -2.15. The van der Waals surface area contributed by atoms with Gasteiger partial charge in [-0.3, -0.25) is 4.79 Å². The highest BCUT2D eigenvalue weighted by molar-refractivity contribution is 5.67. The Kier molecular flexibility index (Phi) is 3.26. The number of halogens is 1. The summed E-state index contributed by atoms with van der Waals surface area (Å²) in [6.45, 7) is 0. The van der Waals surface area contributed by atoms with E-state index in [0.717, 1.165) is 25.7 Å². The van der Waals surface area contributed by atoms with Gasteiger partial charge < -0.3 is 10.1 Å². The van der Waals surface area contributed by atoms with Crippen LogP contribution < -0.4 is 5.56 Å². The lowest BCUT2D eigenvalue weighted by Gasteiger charge is -2.10. The fourth-order valence-corrected chi connectivity index (χ4v) is 2.75. The SMILES string of the molecule is O=c1[nH]c(C2CCCC2)nc(O)c1-c1ccc(F)cc1. The minimum Gasteiger partial charge on any atom is -0.493 e. The molecule has 1 aromatic heterocycles. The van der Waals surface area contributed by atoms with Crippen LogP contribution in [0.3, 0.4) is 0 Å². The zero-order valence-corrected chi connectivity index (χ0v) is 10.9. The first-order chi connectivity index (χ1) is 9.65. The molecule has 1 fully saturated rings. The van der Waals surface area contributed by atoms with Gasteiger partial charge in [0.1, 0.15) is 17.2 Å². The second-order valence-corrected chi connectivity index (χ2v) is 5.14. The minimum absolute atomic E-state index is 0.0896. The Morgan fingerprint density at radius 3 is 2.45 bits per heavy atom. The van der Waals surface area contributed by atoms with Crippen LogP contribution in [0, 0.1) is 5.82 Å². The van der Waals surface area contributed by atoms with Crippen molar-refractivity contribution in [1.29, 1.82) is 0 Å². The molecule has 1 aliphatic carbocycles. The summed E-state index contributed by atoms with van der Waals surface area (Å²) in [6.07, 6.45) is 4.21. The number of nitrogens with zero attached hydrogens (tertiary/aromatic N) is 1. The Morgan fingerprint density at radius 2 is 1.85 bits per heavy atom. The van der Waals surface area contributed by atoms with Gasteiger partial charge in [-0.1, -0.05) is 25.0 Å². The molecular formula is C15H15FN2O2. The van der Waals surface area contributed by atoms with Crippen LogP contribution in [0.15, 0.2) is 29.1 Å². The summed E-state index contributed by atoms with van der Waals surface area (Å²) in [5.74, 6) is 0.0918. The molecule has 0 bridgehead atoms. The molecule has 0 amide bonds. The first kappa shape index (κ1) is 12.8. The smallest absolute Gasteiger partial charge is 0.262 e. The van der Waals surface area contributed by atoms with Gasteiger partial charge in [0.25, 0.3) is 5.56 Å². The zero-order valence-electron chi connectivity index (χ0n) is 10.9. The van der Waals surface area contributed by atoms with Crippen molar-refractivity contribution in [2.24, 2.45) is 0 Å². The number of aromatic amines is 1. The summed E-state index contributed by atoms with van der Waals surface area (Å²) in [5, 5.41) is 10.0. The number of H-pyrrole nitrogens is 1. The van der Waals surface area contributed by atoms with Gasteiger partial charge in [-0.05, 0) is 30.5 Å². The fraction of sp³-hybridized carbons (Fsp3) is 0.333. The van der Waals surface area contributed by atoms with Gasteiger partial charge >= 0.3 is 0 Å². The molecule has 104 valence electrons. The molecule has 0 atom stereocenters. The zero-order chi connectivity index (χ0) is 14.1. The Morgan fingerprint density at radius 1 is 1.20 bits per heavy atom. The molecule has 1 aliphatic rings. The molecule has 0 saturated heterocycles. The maximum atomic E-state index is 12.9. The number of nitrogens with one attached hydrogen (secondary N) is 1. The number of aromatic hydroxyl groups is 1. The summed E-state index contributed by atoms with van der Waals surface area (Å²) in [5.41, 5.74) is 0.161. The van der Waals surface area contributed by atoms with Crippen LogP contribution in [0.5, 0.6) is 5.88 Å². The molecule has 0 radical (unpaired) electrons. The van der Waals surface area contributed by atoms with Crippen molar-refractivity contribution in [3.8, 4) is 17.0 Å². The summed E-state index contributed by atoms with van der Waals surface area (Å²) in [4.78, 5) is 19.0. The van der Waals surface area contributed by atoms with Crippen molar-refractivity contribution in [1.82, 2.24) is 9.97 Å². The Hall–Kier alpha value is -2.17. The second kappa shape index (κ2) is 5.07. The van der Waals surface area contributed by atoms with E-state index in [1.54, 1.807) is 0 Å². The van der Waals surface area contributed by atoms with Gasteiger partial charge in [0, 0.05) is 5.92 Å². The van der Waals surface area contributed by atoms with E-state index in [2.05, 4.69) is 9.97 Å². The molecule has 4 nitrogen and oxygen atoms in total. The molecule has 2 N–H and O–H groups in total. The average molecular weight is 274 g/mol. The molecule has 20 heavy (non-hydrogen) atoms. The molecule has 0 aliphatic heterocycles.